The molecule has 0 aliphatic heterocycles. The van der Waals surface area contributed by atoms with Crippen LogP contribution in [0, 0.1) is 20.8 Å². The number of carbonyl (C=O) groups is 1. The van der Waals surface area contributed by atoms with Crippen molar-refractivity contribution in [2.75, 3.05) is 11.9 Å². The number of nitrogens with one attached hydrogen (secondary N) is 1. The summed E-state index contributed by atoms with van der Waals surface area (Å²) in [5, 5.41) is 2.70. The number of carbonyl (C=O) groups excluding carboxylic acids is 1. The first-order chi connectivity index (χ1) is 9.56. The van der Waals surface area contributed by atoms with E-state index in [-0.39, 0.29) is 12.5 Å². The van der Waals surface area contributed by atoms with Crippen molar-refractivity contribution < 1.29 is 9.53 Å². The Labute approximate surface area is 118 Å². The van der Waals surface area contributed by atoms with Gasteiger partial charge in [-0.15, -0.1) is 0 Å². The molecule has 1 aromatic carbocycles. The van der Waals surface area contributed by atoms with Gasteiger partial charge in [0.15, 0.2) is 6.61 Å². The van der Waals surface area contributed by atoms with E-state index >= 15 is 0 Å². The van der Waals surface area contributed by atoms with Crippen LogP contribution in [0.15, 0.2) is 36.5 Å². The standard InChI is InChI=1S/C16H18N2O2/c1-11-7-8-14(17-9-11)18-15(19)10-20-16-12(2)5-4-6-13(16)3/h4-9H,10H2,1-3H3,(H,17,18,19). The van der Waals surface area contributed by atoms with Crippen molar-refractivity contribution in [2.45, 2.75) is 20.8 Å². The highest BCUT2D eigenvalue weighted by Crippen LogP contribution is 2.22. The zero-order chi connectivity index (χ0) is 14.5. The van der Waals surface area contributed by atoms with Crippen molar-refractivity contribution in [3.8, 4) is 5.75 Å². The summed E-state index contributed by atoms with van der Waals surface area (Å²) < 4.78 is 5.59. The third-order valence-corrected chi connectivity index (χ3v) is 2.94. The first-order valence-electron chi connectivity index (χ1n) is 6.48. The van der Waals surface area contributed by atoms with Crippen LogP contribution in [-0.4, -0.2) is 17.5 Å². The second-order valence-corrected chi connectivity index (χ2v) is 4.78. The van der Waals surface area contributed by atoms with E-state index in [1.54, 1.807) is 12.3 Å². The average molecular weight is 270 g/mol. The van der Waals surface area contributed by atoms with Crippen LogP contribution >= 0.6 is 0 Å². The monoisotopic (exact) mass is 270 g/mol. The van der Waals surface area contributed by atoms with E-state index in [1.165, 1.54) is 0 Å². The van der Waals surface area contributed by atoms with Crippen LogP contribution in [0.5, 0.6) is 5.75 Å². The Hall–Kier alpha value is -2.36. The lowest BCUT2D eigenvalue weighted by molar-refractivity contribution is -0.118. The lowest BCUT2D eigenvalue weighted by atomic mass is 10.1. The molecule has 0 fully saturated rings. The quantitative estimate of drug-likeness (QED) is 0.929. The summed E-state index contributed by atoms with van der Waals surface area (Å²) in [5.74, 6) is 1.08. The zero-order valence-corrected chi connectivity index (χ0v) is 11.9. The van der Waals surface area contributed by atoms with Gasteiger partial charge in [-0.05, 0) is 43.5 Å². The van der Waals surface area contributed by atoms with Crippen molar-refractivity contribution in [2.24, 2.45) is 0 Å². The smallest absolute Gasteiger partial charge is 0.263 e. The zero-order valence-electron chi connectivity index (χ0n) is 11.9. The van der Waals surface area contributed by atoms with E-state index in [9.17, 15) is 4.79 Å². The Morgan fingerprint density at radius 2 is 1.85 bits per heavy atom. The Morgan fingerprint density at radius 3 is 2.45 bits per heavy atom. The molecular weight excluding hydrogens is 252 g/mol. The van der Waals surface area contributed by atoms with Gasteiger partial charge in [-0.1, -0.05) is 24.3 Å². The van der Waals surface area contributed by atoms with E-state index in [1.807, 2.05) is 45.0 Å². The van der Waals surface area contributed by atoms with Gasteiger partial charge in [0.2, 0.25) is 0 Å². The fraction of sp³-hybridized carbons (Fsp3) is 0.250. The lowest BCUT2D eigenvalue weighted by Crippen LogP contribution is -2.21. The van der Waals surface area contributed by atoms with Crippen LogP contribution in [0.2, 0.25) is 0 Å². The number of anilines is 1. The maximum absolute atomic E-state index is 11.8. The summed E-state index contributed by atoms with van der Waals surface area (Å²) in [6.07, 6.45) is 1.71. The number of ether oxygens (including phenoxy) is 1. The molecular formula is C16H18N2O2. The lowest BCUT2D eigenvalue weighted by Gasteiger charge is -2.11. The number of para-hydroxylation sites is 1. The molecule has 1 heterocycles. The Kier molecular flexibility index (Phi) is 4.35. The highest BCUT2D eigenvalue weighted by molar-refractivity contribution is 5.90. The van der Waals surface area contributed by atoms with E-state index in [0.717, 1.165) is 22.4 Å². The second kappa shape index (κ2) is 6.19. The van der Waals surface area contributed by atoms with Crippen molar-refractivity contribution in [3.63, 3.8) is 0 Å². The van der Waals surface area contributed by atoms with Gasteiger partial charge in [-0.25, -0.2) is 4.98 Å². The highest BCUT2D eigenvalue weighted by Gasteiger charge is 2.07. The first-order valence-corrected chi connectivity index (χ1v) is 6.48. The molecule has 1 N–H and O–H groups in total. The molecule has 2 aromatic rings. The van der Waals surface area contributed by atoms with Crippen LogP contribution in [0.1, 0.15) is 16.7 Å². The summed E-state index contributed by atoms with van der Waals surface area (Å²) in [7, 11) is 0. The molecule has 0 saturated heterocycles. The molecule has 4 nitrogen and oxygen atoms in total. The van der Waals surface area contributed by atoms with Crippen molar-refractivity contribution in [1.82, 2.24) is 4.98 Å². The third kappa shape index (κ3) is 3.57. The molecule has 0 aliphatic carbocycles. The van der Waals surface area contributed by atoms with Crippen LogP contribution in [0.25, 0.3) is 0 Å². The fourth-order valence-corrected chi connectivity index (χ4v) is 1.89. The van der Waals surface area contributed by atoms with E-state index in [0.29, 0.717) is 5.82 Å². The summed E-state index contributed by atoms with van der Waals surface area (Å²) in [4.78, 5) is 15.9. The molecule has 0 saturated carbocycles. The first kappa shape index (κ1) is 14.1. The van der Waals surface area contributed by atoms with Crippen LogP contribution < -0.4 is 10.1 Å². The number of hydrogen-bond donors (Lipinski definition) is 1. The Morgan fingerprint density at radius 1 is 1.15 bits per heavy atom. The third-order valence-electron chi connectivity index (χ3n) is 2.94. The van der Waals surface area contributed by atoms with Crippen molar-refractivity contribution in [1.29, 1.82) is 0 Å². The van der Waals surface area contributed by atoms with Gasteiger partial charge in [0.05, 0.1) is 0 Å². The molecule has 0 spiro atoms. The average Bonchev–Trinajstić information content (AvgIpc) is 2.41. The number of amides is 1. The maximum atomic E-state index is 11.8. The summed E-state index contributed by atoms with van der Waals surface area (Å²) in [6, 6.07) is 9.55. The minimum atomic E-state index is -0.219. The van der Waals surface area contributed by atoms with Gasteiger partial charge in [-0.3, -0.25) is 4.79 Å². The predicted octanol–water partition coefficient (Wildman–Crippen LogP) is 3.02. The van der Waals surface area contributed by atoms with Gasteiger partial charge in [0.1, 0.15) is 11.6 Å². The summed E-state index contributed by atoms with van der Waals surface area (Å²) >= 11 is 0. The van der Waals surface area contributed by atoms with E-state index in [4.69, 9.17) is 4.74 Å². The molecule has 104 valence electrons. The fourth-order valence-electron chi connectivity index (χ4n) is 1.89. The minimum Gasteiger partial charge on any atom is -0.483 e. The summed E-state index contributed by atoms with van der Waals surface area (Å²) in [6.45, 7) is 5.84. The number of nitrogens with zero attached hydrogens (tertiary/aromatic N) is 1. The molecule has 20 heavy (non-hydrogen) atoms. The predicted molar refractivity (Wildman–Crippen MR) is 79.0 cm³/mol. The van der Waals surface area contributed by atoms with Crippen molar-refractivity contribution in [3.05, 3.63) is 53.2 Å². The molecule has 0 aliphatic rings. The number of aromatic nitrogens is 1. The maximum Gasteiger partial charge on any atom is 0.263 e. The number of benzene rings is 1. The van der Waals surface area contributed by atoms with Crippen LogP contribution in [-0.2, 0) is 4.79 Å². The molecule has 4 heteroatoms. The number of aryl methyl sites for hydroxylation is 3. The summed E-state index contributed by atoms with van der Waals surface area (Å²) in [5.41, 5.74) is 3.09. The molecule has 0 unspecified atom stereocenters. The largest absolute Gasteiger partial charge is 0.483 e. The van der Waals surface area contributed by atoms with Crippen molar-refractivity contribution >= 4 is 11.7 Å². The number of pyridine rings is 1. The number of rotatable bonds is 4. The molecule has 0 atom stereocenters. The SMILES string of the molecule is Cc1ccc(NC(=O)COc2c(C)cccc2C)nc1. The van der Waals surface area contributed by atoms with Crippen LogP contribution in [0.4, 0.5) is 5.82 Å². The van der Waals surface area contributed by atoms with Crippen LogP contribution in [0.3, 0.4) is 0 Å². The molecule has 0 bridgehead atoms. The minimum absolute atomic E-state index is 0.0265. The van der Waals surface area contributed by atoms with Gasteiger partial charge in [0, 0.05) is 6.20 Å². The van der Waals surface area contributed by atoms with Gasteiger partial charge < -0.3 is 10.1 Å². The van der Waals surface area contributed by atoms with E-state index < -0.39 is 0 Å². The second-order valence-electron chi connectivity index (χ2n) is 4.78. The van der Waals surface area contributed by atoms with E-state index in [2.05, 4.69) is 10.3 Å². The topological polar surface area (TPSA) is 51.2 Å². The molecule has 1 aromatic heterocycles. The highest BCUT2D eigenvalue weighted by atomic mass is 16.5. The Balaban J connectivity index is 1.94. The molecule has 2 rings (SSSR count). The number of hydrogen-bond acceptors (Lipinski definition) is 3. The normalized spacial score (nSPS) is 10.2. The molecule has 0 radical (unpaired) electrons. The van der Waals surface area contributed by atoms with Gasteiger partial charge >= 0.3 is 0 Å². The molecule has 1 amide bonds. The van der Waals surface area contributed by atoms with Gasteiger partial charge in [-0.2, -0.15) is 0 Å². The Bertz CT molecular complexity index is 586. The van der Waals surface area contributed by atoms with Gasteiger partial charge in [0.25, 0.3) is 5.91 Å².